The molecule has 0 spiro atoms. The monoisotopic (exact) mass is 656 g/mol. The summed E-state index contributed by atoms with van der Waals surface area (Å²) >= 11 is 1.77. The Morgan fingerprint density at radius 2 is 1.02 bits per heavy atom. The lowest BCUT2D eigenvalue weighted by Gasteiger charge is -2.11. The number of benzene rings is 7. The molecule has 234 valence electrons. The van der Waals surface area contributed by atoms with Crippen molar-refractivity contribution in [1.82, 2.24) is 19.5 Å². The summed E-state index contributed by atoms with van der Waals surface area (Å²) < 4.78 is 3.59. The fourth-order valence-electron chi connectivity index (χ4n) is 7.08. The number of hydrogen-bond donors (Lipinski definition) is 0. The molecule has 50 heavy (non-hydrogen) atoms. The molecule has 0 atom stereocenters. The highest BCUT2D eigenvalue weighted by atomic mass is 32.1. The van der Waals surface area contributed by atoms with E-state index in [0.29, 0.717) is 5.82 Å². The van der Waals surface area contributed by atoms with Crippen molar-refractivity contribution in [1.29, 1.82) is 0 Å². The number of fused-ring (bicyclic) bond motifs is 7. The Morgan fingerprint density at radius 3 is 1.70 bits per heavy atom. The van der Waals surface area contributed by atoms with Crippen molar-refractivity contribution in [3.63, 3.8) is 0 Å². The van der Waals surface area contributed by atoms with E-state index >= 15 is 0 Å². The molecule has 0 aliphatic carbocycles. The molecule has 3 aromatic heterocycles. The van der Waals surface area contributed by atoms with Gasteiger partial charge >= 0.3 is 0 Å². The molecule has 0 saturated carbocycles. The highest BCUT2D eigenvalue weighted by Gasteiger charge is 2.20. The van der Waals surface area contributed by atoms with Crippen LogP contribution in [-0.2, 0) is 0 Å². The fraction of sp³-hybridized carbons (Fsp3) is 0. The summed E-state index contributed by atoms with van der Waals surface area (Å²) in [6, 6.07) is 59.4. The highest BCUT2D eigenvalue weighted by molar-refractivity contribution is 7.22. The number of rotatable bonds is 5. The van der Waals surface area contributed by atoms with Gasteiger partial charge in [0.1, 0.15) is 5.01 Å². The van der Waals surface area contributed by atoms with E-state index in [4.69, 9.17) is 15.0 Å². The molecular weight excluding hydrogens is 629 g/mol. The minimum atomic E-state index is 0.699. The van der Waals surface area contributed by atoms with Gasteiger partial charge in [-0.25, -0.2) is 15.0 Å². The Balaban J connectivity index is 1.17. The second-order valence-corrected chi connectivity index (χ2v) is 13.4. The van der Waals surface area contributed by atoms with Crippen LogP contribution in [0.3, 0.4) is 0 Å². The molecule has 0 radical (unpaired) electrons. The van der Waals surface area contributed by atoms with E-state index < -0.39 is 0 Å². The summed E-state index contributed by atoms with van der Waals surface area (Å²) in [5.41, 5.74) is 10.5. The molecule has 0 fully saturated rings. The minimum Gasteiger partial charge on any atom is -0.309 e. The maximum atomic E-state index is 5.10. The smallest absolute Gasteiger partial charge is 0.160 e. The van der Waals surface area contributed by atoms with Gasteiger partial charge in [-0.15, -0.1) is 11.3 Å². The van der Waals surface area contributed by atoms with Gasteiger partial charge < -0.3 is 4.57 Å². The number of hydrogen-bond acceptors (Lipinski definition) is 4. The van der Waals surface area contributed by atoms with Crippen LogP contribution >= 0.6 is 11.3 Å². The van der Waals surface area contributed by atoms with Crippen molar-refractivity contribution in [2.45, 2.75) is 0 Å². The van der Waals surface area contributed by atoms with Gasteiger partial charge in [0.25, 0.3) is 0 Å². The molecule has 0 aliphatic heterocycles. The van der Waals surface area contributed by atoms with Crippen molar-refractivity contribution in [3.8, 4) is 50.2 Å². The van der Waals surface area contributed by atoms with Crippen LogP contribution in [0.4, 0.5) is 0 Å². The molecule has 10 rings (SSSR count). The van der Waals surface area contributed by atoms with Gasteiger partial charge in [-0.1, -0.05) is 121 Å². The molecule has 0 amide bonds. The summed E-state index contributed by atoms with van der Waals surface area (Å²) in [5.74, 6) is 0.699. The van der Waals surface area contributed by atoms with Gasteiger partial charge in [0.05, 0.1) is 32.6 Å². The van der Waals surface area contributed by atoms with Crippen LogP contribution in [0, 0.1) is 0 Å². The van der Waals surface area contributed by atoms with Crippen LogP contribution in [0.1, 0.15) is 0 Å². The molecule has 0 unspecified atom stereocenters. The second-order valence-electron chi connectivity index (χ2n) is 12.5. The molecule has 4 nitrogen and oxygen atoms in total. The minimum absolute atomic E-state index is 0.699. The summed E-state index contributed by atoms with van der Waals surface area (Å²) in [4.78, 5) is 15.2. The third kappa shape index (κ3) is 4.71. The van der Waals surface area contributed by atoms with Gasteiger partial charge in [-0.2, -0.15) is 0 Å². The van der Waals surface area contributed by atoms with Crippen molar-refractivity contribution >= 4 is 54.1 Å². The molecule has 7 aromatic carbocycles. The van der Waals surface area contributed by atoms with Crippen molar-refractivity contribution in [3.05, 3.63) is 170 Å². The number of nitrogens with zero attached hydrogens (tertiary/aromatic N) is 4. The molecule has 0 bridgehead atoms. The van der Waals surface area contributed by atoms with E-state index in [1.165, 1.54) is 31.8 Å². The van der Waals surface area contributed by atoms with Gasteiger partial charge in [-0.3, -0.25) is 0 Å². The van der Waals surface area contributed by atoms with E-state index in [2.05, 4.69) is 132 Å². The fourth-order valence-corrected chi connectivity index (χ4v) is 8.20. The van der Waals surface area contributed by atoms with E-state index in [0.717, 1.165) is 55.4 Å². The van der Waals surface area contributed by atoms with Crippen LogP contribution in [0.25, 0.3) is 93.0 Å². The number of thiazole rings is 1. The summed E-state index contributed by atoms with van der Waals surface area (Å²) in [5, 5.41) is 5.99. The summed E-state index contributed by atoms with van der Waals surface area (Å²) in [6.45, 7) is 0. The lowest BCUT2D eigenvalue weighted by molar-refractivity contribution is 1.16. The molecule has 0 saturated heterocycles. The highest BCUT2D eigenvalue weighted by Crippen LogP contribution is 2.43. The molecule has 0 N–H and O–H groups in total. The Kier molecular flexibility index (Phi) is 6.64. The van der Waals surface area contributed by atoms with Crippen LogP contribution in [0.5, 0.6) is 0 Å². The quantitative estimate of drug-likeness (QED) is 0.185. The average molecular weight is 657 g/mol. The standard InChI is InChI=1S/C45H28N4S/c1-4-13-30(14-5-1)37-28-38(31-15-6-2-7-16-31)47-44(46-37)32-20-23-34(24-21-32)49-39-26-22-29-12-10-11-19-35(29)41(39)42-40(49)27-25-36-43(42)50-45(48-36)33-17-8-3-9-18-33/h1-28H. The third-order valence-electron chi connectivity index (χ3n) is 9.44. The maximum Gasteiger partial charge on any atom is 0.160 e. The van der Waals surface area contributed by atoms with Crippen LogP contribution in [0.2, 0.25) is 0 Å². The van der Waals surface area contributed by atoms with E-state index in [1.807, 2.05) is 42.5 Å². The van der Waals surface area contributed by atoms with Crippen molar-refractivity contribution < 1.29 is 0 Å². The first kappa shape index (κ1) is 28.6. The molecule has 3 heterocycles. The van der Waals surface area contributed by atoms with Crippen molar-refractivity contribution in [2.75, 3.05) is 0 Å². The van der Waals surface area contributed by atoms with Crippen LogP contribution in [0.15, 0.2) is 170 Å². The Morgan fingerprint density at radius 1 is 0.440 bits per heavy atom. The first-order valence-corrected chi connectivity index (χ1v) is 17.5. The Labute approximate surface area is 292 Å². The van der Waals surface area contributed by atoms with E-state index in [1.54, 1.807) is 11.3 Å². The summed E-state index contributed by atoms with van der Waals surface area (Å²) in [7, 11) is 0. The van der Waals surface area contributed by atoms with E-state index in [9.17, 15) is 0 Å². The Bertz CT molecular complexity index is 2780. The predicted molar refractivity (Wildman–Crippen MR) is 209 cm³/mol. The van der Waals surface area contributed by atoms with Gasteiger partial charge in [0.2, 0.25) is 0 Å². The average Bonchev–Trinajstić information content (AvgIpc) is 3.79. The largest absolute Gasteiger partial charge is 0.309 e. The molecule has 5 heteroatoms. The molecule has 0 aliphatic rings. The first-order chi connectivity index (χ1) is 24.8. The van der Waals surface area contributed by atoms with Gasteiger partial charge in [0, 0.05) is 38.7 Å². The third-order valence-corrected chi connectivity index (χ3v) is 10.6. The SMILES string of the molecule is c1ccc(-c2cc(-c3ccccc3)nc(-c3ccc(-n4c5ccc6ccccc6c5c5c6sc(-c7ccccc7)nc6ccc54)cc3)n2)cc1. The van der Waals surface area contributed by atoms with Crippen LogP contribution in [-0.4, -0.2) is 19.5 Å². The van der Waals surface area contributed by atoms with Crippen molar-refractivity contribution in [2.24, 2.45) is 0 Å². The normalized spacial score (nSPS) is 11.6. The van der Waals surface area contributed by atoms with Gasteiger partial charge in [0.15, 0.2) is 5.82 Å². The lowest BCUT2D eigenvalue weighted by Crippen LogP contribution is -1.97. The molecule has 10 aromatic rings. The van der Waals surface area contributed by atoms with Crippen LogP contribution < -0.4 is 0 Å². The molecular formula is C45H28N4S. The topological polar surface area (TPSA) is 43.6 Å². The summed E-state index contributed by atoms with van der Waals surface area (Å²) in [6.07, 6.45) is 0. The van der Waals surface area contributed by atoms with E-state index in [-0.39, 0.29) is 0 Å². The zero-order chi connectivity index (χ0) is 33.0. The second kappa shape index (κ2) is 11.6. The van der Waals surface area contributed by atoms with Gasteiger partial charge in [-0.05, 0) is 59.3 Å². The Hall–Kier alpha value is -6.43. The zero-order valence-corrected chi connectivity index (χ0v) is 27.7. The predicted octanol–water partition coefficient (Wildman–Crippen LogP) is 12.0. The zero-order valence-electron chi connectivity index (χ0n) is 26.9. The first-order valence-electron chi connectivity index (χ1n) is 16.7. The maximum absolute atomic E-state index is 5.10. The number of aromatic nitrogens is 4. The lowest BCUT2D eigenvalue weighted by atomic mass is 10.0.